The van der Waals surface area contributed by atoms with Crippen LogP contribution in [0.1, 0.15) is 43.3 Å². The van der Waals surface area contributed by atoms with Gasteiger partial charge >= 0.3 is 0 Å². The summed E-state index contributed by atoms with van der Waals surface area (Å²) in [7, 11) is 0. The van der Waals surface area contributed by atoms with Crippen LogP contribution in [0, 0.1) is 0 Å². The largest absolute Gasteiger partial charge is 0.493 e. The summed E-state index contributed by atoms with van der Waals surface area (Å²) in [6.07, 6.45) is 3.89. The van der Waals surface area contributed by atoms with Gasteiger partial charge < -0.3 is 10.1 Å². The first-order chi connectivity index (χ1) is 10.2. The van der Waals surface area contributed by atoms with Gasteiger partial charge in [0.15, 0.2) is 0 Å². The first-order valence-corrected chi connectivity index (χ1v) is 8.95. The highest BCUT2D eigenvalue weighted by Crippen LogP contribution is 2.25. The van der Waals surface area contributed by atoms with Gasteiger partial charge in [0.2, 0.25) is 0 Å². The molecule has 2 aromatic rings. The Kier molecular flexibility index (Phi) is 6.67. The summed E-state index contributed by atoms with van der Waals surface area (Å²) in [5.41, 5.74) is 1.17. The quantitative estimate of drug-likeness (QED) is 0.716. The van der Waals surface area contributed by atoms with Crippen LogP contribution in [0.25, 0.3) is 0 Å². The zero-order valence-electron chi connectivity index (χ0n) is 12.4. The van der Waals surface area contributed by atoms with Crippen LogP contribution >= 0.6 is 27.3 Å². The van der Waals surface area contributed by atoms with Crippen molar-refractivity contribution >= 4 is 27.3 Å². The summed E-state index contributed by atoms with van der Waals surface area (Å²) >= 11 is 5.23. The van der Waals surface area contributed by atoms with Gasteiger partial charge in [-0.1, -0.05) is 29.8 Å². The van der Waals surface area contributed by atoms with Gasteiger partial charge in [-0.05, 0) is 31.0 Å². The molecule has 0 aliphatic heterocycles. The molecule has 1 atom stereocenters. The molecule has 0 radical (unpaired) electrons. The first-order valence-electron chi connectivity index (χ1n) is 7.28. The third-order valence-corrected chi connectivity index (χ3v) is 4.56. The molecule has 1 aromatic heterocycles. The molecule has 1 unspecified atom stereocenters. The molecule has 1 heterocycles. The minimum atomic E-state index is 0.294. The van der Waals surface area contributed by atoms with Crippen LogP contribution in [0.5, 0.6) is 5.75 Å². The SMILES string of the molecule is CCCOc1ccc(Br)cc1CNC(CC)c1nccs1. The lowest BCUT2D eigenvalue weighted by Gasteiger charge is -2.17. The first kappa shape index (κ1) is 16.5. The predicted octanol–water partition coefficient (Wildman–Crippen LogP) is 4.94. The van der Waals surface area contributed by atoms with Gasteiger partial charge in [0.05, 0.1) is 12.6 Å². The second-order valence-electron chi connectivity index (χ2n) is 4.81. The van der Waals surface area contributed by atoms with Crippen LogP contribution in [0.3, 0.4) is 0 Å². The van der Waals surface area contributed by atoms with Crippen LogP contribution in [0.4, 0.5) is 0 Å². The molecule has 0 saturated carbocycles. The molecule has 0 bridgehead atoms. The Morgan fingerprint density at radius 1 is 1.38 bits per heavy atom. The average molecular weight is 369 g/mol. The molecule has 1 N–H and O–H groups in total. The van der Waals surface area contributed by atoms with Gasteiger partial charge in [-0.2, -0.15) is 0 Å². The second-order valence-corrected chi connectivity index (χ2v) is 6.65. The summed E-state index contributed by atoms with van der Waals surface area (Å²) < 4.78 is 6.90. The van der Waals surface area contributed by atoms with Crippen LogP contribution in [0.2, 0.25) is 0 Å². The second kappa shape index (κ2) is 8.51. The Hall–Kier alpha value is -0.910. The molecule has 0 aliphatic carbocycles. The fourth-order valence-electron chi connectivity index (χ4n) is 2.08. The molecular weight excluding hydrogens is 348 g/mol. The normalized spacial score (nSPS) is 12.3. The predicted molar refractivity (Wildman–Crippen MR) is 91.9 cm³/mol. The van der Waals surface area contributed by atoms with Crippen molar-refractivity contribution in [1.82, 2.24) is 10.3 Å². The average Bonchev–Trinajstić information content (AvgIpc) is 3.01. The smallest absolute Gasteiger partial charge is 0.123 e. The molecule has 0 fully saturated rings. The number of hydrogen-bond acceptors (Lipinski definition) is 4. The van der Waals surface area contributed by atoms with E-state index in [2.05, 4.69) is 46.1 Å². The Bertz CT molecular complexity index is 545. The zero-order chi connectivity index (χ0) is 15.1. The van der Waals surface area contributed by atoms with E-state index in [0.717, 1.165) is 41.2 Å². The molecule has 0 spiro atoms. The maximum Gasteiger partial charge on any atom is 0.123 e. The van der Waals surface area contributed by atoms with Crippen LogP contribution in [-0.2, 0) is 6.54 Å². The van der Waals surface area contributed by atoms with Gasteiger partial charge in [-0.3, -0.25) is 0 Å². The van der Waals surface area contributed by atoms with Crippen LogP contribution < -0.4 is 10.1 Å². The Balaban J connectivity index is 2.05. The van der Waals surface area contributed by atoms with E-state index in [1.807, 2.05) is 23.7 Å². The summed E-state index contributed by atoms with van der Waals surface area (Å²) in [6.45, 7) is 5.82. The minimum Gasteiger partial charge on any atom is -0.493 e. The summed E-state index contributed by atoms with van der Waals surface area (Å²) in [5.74, 6) is 0.960. The summed E-state index contributed by atoms with van der Waals surface area (Å²) in [4.78, 5) is 4.40. The topological polar surface area (TPSA) is 34.1 Å². The highest BCUT2D eigenvalue weighted by molar-refractivity contribution is 9.10. The Labute approximate surface area is 138 Å². The highest BCUT2D eigenvalue weighted by Gasteiger charge is 2.13. The van der Waals surface area contributed by atoms with Crippen LogP contribution in [-0.4, -0.2) is 11.6 Å². The van der Waals surface area contributed by atoms with E-state index < -0.39 is 0 Å². The van der Waals surface area contributed by atoms with Crippen LogP contribution in [0.15, 0.2) is 34.2 Å². The van der Waals surface area contributed by atoms with Crippen molar-refractivity contribution in [3.8, 4) is 5.75 Å². The Morgan fingerprint density at radius 2 is 2.24 bits per heavy atom. The fourth-order valence-corrected chi connectivity index (χ4v) is 3.29. The van der Waals surface area contributed by atoms with Crippen molar-refractivity contribution < 1.29 is 4.74 Å². The lowest BCUT2D eigenvalue weighted by atomic mass is 10.1. The molecule has 2 rings (SSSR count). The zero-order valence-corrected chi connectivity index (χ0v) is 14.8. The van der Waals surface area contributed by atoms with Gasteiger partial charge in [0.1, 0.15) is 10.8 Å². The van der Waals surface area contributed by atoms with E-state index in [-0.39, 0.29) is 0 Å². The maximum absolute atomic E-state index is 5.82. The Morgan fingerprint density at radius 3 is 2.90 bits per heavy atom. The van der Waals surface area contributed by atoms with Gasteiger partial charge in [0.25, 0.3) is 0 Å². The molecule has 0 aliphatic rings. The number of thiazole rings is 1. The minimum absolute atomic E-state index is 0.294. The van der Waals surface area contributed by atoms with Crippen molar-refractivity contribution in [3.05, 3.63) is 44.8 Å². The van der Waals surface area contributed by atoms with Crippen molar-refractivity contribution in [2.45, 2.75) is 39.3 Å². The molecule has 3 nitrogen and oxygen atoms in total. The number of halogens is 1. The van der Waals surface area contributed by atoms with E-state index in [0.29, 0.717) is 6.04 Å². The van der Waals surface area contributed by atoms with E-state index >= 15 is 0 Å². The van der Waals surface area contributed by atoms with E-state index in [1.165, 1.54) is 5.56 Å². The lowest BCUT2D eigenvalue weighted by molar-refractivity contribution is 0.312. The number of benzene rings is 1. The number of hydrogen-bond donors (Lipinski definition) is 1. The molecular formula is C16H21BrN2OS. The van der Waals surface area contributed by atoms with Gasteiger partial charge in [-0.25, -0.2) is 4.98 Å². The number of nitrogens with one attached hydrogen (secondary N) is 1. The molecule has 21 heavy (non-hydrogen) atoms. The van der Waals surface area contributed by atoms with Crippen molar-refractivity contribution in [2.24, 2.45) is 0 Å². The third kappa shape index (κ3) is 4.80. The van der Waals surface area contributed by atoms with E-state index in [9.17, 15) is 0 Å². The molecule has 1 aromatic carbocycles. The number of aromatic nitrogens is 1. The molecule has 0 amide bonds. The van der Waals surface area contributed by atoms with Crippen molar-refractivity contribution in [1.29, 1.82) is 0 Å². The summed E-state index contributed by atoms with van der Waals surface area (Å²) in [6, 6.07) is 6.46. The third-order valence-electron chi connectivity index (χ3n) is 3.18. The van der Waals surface area contributed by atoms with Gasteiger partial charge in [-0.15, -0.1) is 11.3 Å². The monoisotopic (exact) mass is 368 g/mol. The molecule has 0 saturated heterocycles. The summed E-state index contributed by atoms with van der Waals surface area (Å²) in [5, 5.41) is 6.74. The van der Waals surface area contributed by atoms with Gasteiger partial charge in [0, 0.05) is 28.2 Å². The highest BCUT2D eigenvalue weighted by atomic mass is 79.9. The number of ether oxygens (including phenoxy) is 1. The number of nitrogens with zero attached hydrogens (tertiary/aromatic N) is 1. The lowest BCUT2D eigenvalue weighted by Crippen LogP contribution is -2.20. The van der Waals surface area contributed by atoms with Crippen molar-refractivity contribution in [3.63, 3.8) is 0 Å². The fraction of sp³-hybridized carbons (Fsp3) is 0.438. The van der Waals surface area contributed by atoms with Crippen molar-refractivity contribution in [2.75, 3.05) is 6.61 Å². The number of rotatable bonds is 8. The van der Waals surface area contributed by atoms with E-state index in [1.54, 1.807) is 11.3 Å². The maximum atomic E-state index is 5.82. The molecule has 114 valence electrons. The van der Waals surface area contributed by atoms with E-state index in [4.69, 9.17) is 4.74 Å². The molecule has 5 heteroatoms. The standard InChI is InChI=1S/C16H21BrN2OS/c1-3-8-20-15-6-5-13(17)10-12(15)11-19-14(4-2)16-18-7-9-21-16/h5-7,9-10,14,19H,3-4,8,11H2,1-2H3.